The fraction of sp³-hybridized carbons (Fsp3) is 0.261. The number of hydrogen-bond donors (Lipinski definition) is 1. The van der Waals surface area contributed by atoms with Crippen molar-refractivity contribution in [1.82, 2.24) is 10.2 Å². The van der Waals surface area contributed by atoms with Gasteiger partial charge in [-0.15, -0.1) is 10.2 Å². The minimum atomic E-state index is -0.969. The summed E-state index contributed by atoms with van der Waals surface area (Å²) < 4.78 is 32.0. The molecule has 6 nitrogen and oxygen atoms in total. The van der Waals surface area contributed by atoms with Crippen molar-refractivity contribution < 1.29 is 18.3 Å². The average molecular weight is 424 g/mol. The van der Waals surface area contributed by atoms with Gasteiger partial charge in [-0.2, -0.15) is 0 Å². The number of ether oxygens (including phenoxy) is 1. The van der Waals surface area contributed by atoms with Crippen molar-refractivity contribution in [3.8, 4) is 17.0 Å². The Balaban J connectivity index is 1.37. The predicted molar refractivity (Wildman–Crippen MR) is 114 cm³/mol. The molecule has 4 rings (SSSR count). The van der Waals surface area contributed by atoms with Gasteiger partial charge in [-0.1, -0.05) is 12.1 Å². The topological polar surface area (TPSA) is 67.3 Å². The summed E-state index contributed by atoms with van der Waals surface area (Å²) in [7, 11) is 0. The van der Waals surface area contributed by atoms with Crippen molar-refractivity contribution in [2.45, 2.75) is 25.9 Å². The van der Waals surface area contributed by atoms with Crippen molar-refractivity contribution in [2.75, 3.05) is 23.3 Å². The van der Waals surface area contributed by atoms with E-state index in [9.17, 15) is 13.6 Å². The molecule has 31 heavy (non-hydrogen) atoms. The summed E-state index contributed by atoms with van der Waals surface area (Å²) in [6.07, 6.45) is 1.39. The number of carbonyl (C=O) groups excluding carboxylic acids is 1. The maximum Gasteiger partial charge on any atom is 0.265 e. The number of halogens is 2. The summed E-state index contributed by atoms with van der Waals surface area (Å²) in [6, 6.07) is 14.0. The standard InChI is InChI=1S/C23H22F2N4O2/c1-15(31-21-10-6-17(24)14-19(21)25)23(30)26-18-7-4-16(5-8-18)20-9-11-22(28-27-20)29-12-2-3-13-29/h4-11,14-15H,2-3,12-13H2,1H3,(H,26,30). The Hall–Kier alpha value is -3.55. The van der Waals surface area contributed by atoms with Crippen LogP contribution in [0.2, 0.25) is 0 Å². The smallest absolute Gasteiger partial charge is 0.265 e. The molecule has 1 aliphatic rings. The van der Waals surface area contributed by atoms with Gasteiger partial charge in [-0.05, 0) is 56.2 Å². The molecule has 1 atom stereocenters. The monoisotopic (exact) mass is 424 g/mol. The molecular formula is C23H22F2N4O2. The van der Waals surface area contributed by atoms with Gasteiger partial charge in [-0.3, -0.25) is 4.79 Å². The molecule has 1 unspecified atom stereocenters. The molecule has 2 heterocycles. The van der Waals surface area contributed by atoms with E-state index >= 15 is 0 Å². The van der Waals surface area contributed by atoms with Crippen LogP contribution in [0.15, 0.2) is 54.6 Å². The lowest BCUT2D eigenvalue weighted by Crippen LogP contribution is -2.30. The number of nitrogens with one attached hydrogen (secondary N) is 1. The molecule has 0 saturated carbocycles. The lowest BCUT2D eigenvalue weighted by molar-refractivity contribution is -0.122. The highest BCUT2D eigenvalue weighted by Gasteiger charge is 2.18. The largest absolute Gasteiger partial charge is 0.478 e. The first-order valence-corrected chi connectivity index (χ1v) is 10.1. The third-order valence-corrected chi connectivity index (χ3v) is 5.10. The number of hydrogen-bond acceptors (Lipinski definition) is 5. The Kier molecular flexibility index (Phi) is 6.06. The van der Waals surface area contributed by atoms with Gasteiger partial charge in [-0.25, -0.2) is 8.78 Å². The van der Waals surface area contributed by atoms with Crippen LogP contribution in [0.25, 0.3) is 11.3 Å². The molecule has 1 saturated heterocycles. The highest BCUT2D eigenvalue weighted by Crippen LogP contribution is 2.23. The second-order valence-corrected chi connectivity index (χ2v) is 7.37. The Bertz CT molecular complexity index is 1050. The highest BCUT2D eigenvalue weighted by atomic mass is 19.1. The van der Waals surface area contributed by atoms with E-state index in [4.69, 9.17) is 4.74 Å². The number of rotatable bonds is 6. The van der Waals surface area contributed by atoms with E-state index in [1.54, 1.807) is 12.1 Å². The zero-order chi connectivity index (χ0) is 21.8. The fourth-order valence-corrected chi connectivity index (χ4v) is 3.38. The highest BCUT2D eigenvalue weighted by molar-refractivity contribution is 5.94. The van der Waals surface area contributed by atoms with Gasteiger partial charge in [0, 0.05) is 30.4 Å². The number of amides is 1. The van der Waals surface area contributed by atoms with E-state index in [0.717, 1.165) is 42.3 Å². The lowest BCUT2D eigenvalue weighted by Gasteiger charge is -2.16. The Morgan fingerprint density at radius 3 is 2.42 bits per heavy atom. The first-order valence-electron chi connectivity index (χ1n) is 10.1. The van der Waals surface area contributed by atoms with Crippen molar-refractivity contribution in [3.05, 3.63) is 66.2 Å². The lowest BCUT2D eigenvalue weighted by atomic mass is 10.1. The zero-order valence-corrected chi connectivity index (χ0v) is 17.0. The summed E-state index contributed by atoms with van der Waals surface area (Å²) in [4.78, 5) is 14.6. The normalized spacial score (nSPS) is 14.4. The quantitative estimate of drug-likeness (QED) is 0.634. The van der Waals surface area contributed by atoms with E-state index in [-0.39, 0.29) is 5.75 Å². The molecule has 1 aromatic heterocycles. The van der Waals surface area contributed by atoms with Gasteiger partial charge in [0.1, 0.15) is 5.82 Å². The van der Waals surface area contributed by atoms with Crippen molar-refractivity contribution in [3.63, 3.8) is 0 Å². The van der Waals surface area contributed by atoms with Gasteiger partial charge in [0.2, 0.25) is 0 Å². The summed E-state index contributed by atoms with van der Waals surface area (Å²) in [5.41, 5.74) is 2.17. The third-order valence-electron chi connectivity index (χ3n) is 5.10. The molecular weight excluding hydrogens is 402 g/mol. The molecule has 0 radical (unpaired) electrons. The Labute approximate surface area is 178 Å². The molecule has 1 amide bonds. The third kappa shape index (κ3) is 4.96. The van der Waals surface area contributed by atoms with Crippen molar-refractivity contribution >= 4 is 17.4 Å². The van der Waals surface area contributed by atoms with Crippen LogP contribution >= 0.6 is 0 Å². The van der Waals surface area contributed by atoms with Crippen LogP contribution in [-0.2, 0) is 4.79 Å². The molecule has 0 bridgehead atoms. The van der Waals surface area contributed by atoms with Crippen molar-refractivity contribution in [2.24, 2.45) is 0 Å². The number of benzene rings is 2. The van der Waals surface area contributed by atoms with Gasteiger partial charge in [0.05, 0.1) is 5.69 Å². The number of anilines is 2. The zero-order valence-electron chi connectivity index (χ0n) is 17.0. The predicted octanol–water partition coefficient (Wildman–Crippen LogP) is 4.43. The minimum Gasteiger partial charge on any atom is -0.478 e. The molecule has 1 fully saturated rings. The maximum absolute atomic E-state index is 13.7. The molecule has 160 valence electrons. The first kappa shape index (κ1) is 20.7. The second kappa shape index (κ2) is 9.07. The van der Waals surface area contributed by atoms with E-state index in [2.05, 4.69) is 20.4 Å². The number of aromatic nitrogens is 2. The SMILES string of the molecule is CC(Oc1ccc(F)cc1F)C(=O)Nc1ccc(-c2ccc(N3CCCC3)nn2)cc1. The van der Waals surface area contributed by atoms with Crippen LogP contribution in [-0.4, -0.2) is 35.3 Å². The van der Waals surface area contributed by atoms with E-state index < -0.39 is 23.6 Å². The average Bonchev–Trinajstić information content (AvgIpc) is 3.31. The minimum absolute atomic E-state index is 0.185. The number of nitrogens with zero attached hydrogens (tertiary/aromatic N) is 3. The Morgan fingerprint density at radius 1 is 1.03 bits per heavy atom. The van der Waals surface area contributed by atoms with Crippen molar-refractivity contribution in [1.29, 1.82) is 0 Å². The van der Waals surface area contributed by atoms with Crippen LogP contribution in [0.1, 0.15) is 19.8 Å². The molecule has 1 aliphatic heterocycles. The van der Waals surface area contributed by atoms with E-state index in [0.29, 0.717) is 11.8 Å². The Morgan fingerprint density at radius 2 is 1.77 bits per heavy atom. The molecule has 3 aromatic rings. The van der Waals surface area contributed by atoms with Gasteiger partial charge < -0.3 is 15.0 Å². The first-order chi connectivity index (χ1) is 15.0. The van der Waals surface area contributed by atoms with Crippen LogP contribution in [0.3, 0.4) is 0 Å². The van der Waals surface area contributed by atoms with Gasteiger partial charge in [0.15, 0.2) is 23.5 Å². The van der Waals surface area contributed by atoms with E-state index in [1.165, 1.54) is 19.8 Å². The maximum atomic E-state index is 13.7. The fourth-order valence-electron chi connectivity index (χ4n) is 3.38. The van der Waals surface area contributed by atoms with Crippen LogP contribution < -0.4 is 15.0 Å². The molecule has 0 aliphatic carbocycles. The summed E-state index contributed by atoms with van der Waals surface area (Å²) in [5.74, 6) is -1.32. The summed E-state index contributed by atoms with van der Waals surface area (Å²) in [5, 5.41) is 11.3. The molecule has 0 spiro atoms. The molecule has 1 N–H and O–H groups in total. The molecule has 2 aromatic carbocycles. The summed E-state index contributed by atoms with van der Waals surface area (Å²) >= 11 is 0. The number of carbonyl (C=O) groups is 1. The van der Waals surface area contributed by atoms with Gasteiger partial charge >= 0.3 is 0 Å². The van der Waals surface area contributed by atoms with Crippen LogP contribution in [0.5, 0.6) is 5.75 Å². The summed E-state index contributed by atoms with van der Waals surface area (Å²) in [6.45, 7) is 3.51. The second-order valence-electron chi connectivity index (χ2n) is 7.37. The molecule has 8 heteroatoms. The van der Waals surface area contributed by atoms with Gasteiger partial charge in [0.25, 0.3) is 5.91 Å². The van der Waals surface area contributed by atoms with Crippen LogP contribution in [0, 0.1) is 11.6 Å². The van der Waals surface area contributed by atoms with Crippen LogP contribution in [0.4, 0.5) is 20.3 Å². The van der Waals surface area contributed by atoms with E-state index in [1.807, 2.05) is 24.3 Å².